The van der Waals surface area contributed by atoms with Crippen molar-refractivity contribution in [3.8, 4) is 0 Å². The highest BCUT2D eigenvalue weighted by Gasteiger charge is 2.21. The monoisotopic (exact) mass is 307 g/mol. The first-order valence-electron chi connectivity index (χ1n) is 6.48. The van der Waals surface area contributed by atoms with Crippen LogP contribution < -0.4 is 0 Å². The van der Waals surface area contributed by atoms with Gasteiger partial charge in [-0.3, -0.25) is 9.25 Å². The van der Waals surface area contributed by atoms with Gasteiger partial charge in [-0.05, 0) is 39.9 Å². The van der Waals surface area contributed by atoms with Crippen LogP contribution in [0.25, 0.3) is 11.2 Å². The molecule has 7 heteroatoms. The van der Waals surface area contributed by atoms with Crippen LogP contribution in [-0.2, 0) is 7.05 Å². The molecule has 0 aliphatic carbocycles. The van der Waals surface area contributed by atoms with E-state index in [1.165, 1.54) is 4.88 Å². The fraction of sp³-hybridized carbons (Fsp3) is 0.462. The number of aromatic nitrogens is 5. The highest BCUT2D eigenvalue weighted by atomic mass is 32.1. The quantitative estimate of drug-likeness (QED) is 0.738. The molecule has 1 N–H and O–H groups in total. The molecule has 3 rings (SSSR count). The van der Waals surface area contributed by atoms with Crippen molar-refractivity contribution in [3.05, 3.63) is 26.0 Å². The first-order chi connectivity index (χ1) is 9.40. The molecule has 1 unspecified atom stereocenters. The van der Waals surface area contributed by atoms with Crippen molar-refractivity contribution in [1.29, 1.82) is 0 Å². The van der Waals surface area contributed by atoms with Crippen LogP contribution in [0.15, 0.2) is 0 Å². The van der Waals surface area contributed by atoms with E-state index in [0.717, 1.165) is 32.3 Å². The fourth-order valence-electron chi connectivity index (χ4n) is 2.74. The second-order valence-electron chi connectivity index (χ2n) is 5.07. The number of fused-ring (bicyclic) bond motifs is 1. The summed E-state index contributed by atoms with van der Waals surface area (Å²) in [5, 5.41) is 5.55. The Balaban J connectivity index is 2.26. The summed E-state index contributed by atoms with van der Waals surface area (Å²) in [6.07, 6.45) is 0. The summed E-state index contributed by atoms with van der Waals surface area (Å²) in [6, 6.07) is 0.150. The lowest BCUT2D eigenvalue weighted by atomic mass is 10.2. The van der Waals surface area contributed by atoms with Gasteiger partial charge in [0.25, 0.3) is 0 Å². The second kappa shape index (κ2) is 4.53. The fourth-order valence-corrected chi connectivity index (χ4v) is 4.06. The number of hydrogen-bond donors (Lipinski definition) is 1. The SMILES string of the molecule is Cc1nc(C)c(C(C)n2c(=S)[nH]c3c(C)nn(C)c32)s1. The van der Waals surface area contributed by atoms with Crippen LogP contribution in [0.5, 0.6) is 0 Å². The van der Waals surface area contributed by atoms with Crippen LogP contribution in [0, 0.1) is 25.5 Å². The molecule has 0 saturated heterocycles. The average molecular weight is 307 g/mol. The van der Waals surface area contributed by atoms with E-state index in [2.05, 4.69) is 33.5 Å². The smallest absolute Gasteiger partial charge is 0.179 e. The molecule has 0 aromatic carbocycles. The summed E-state index contributed by atoms with van der Waals surface area (Å²) in [4.78, 5) is 9.04. The topological polar surface area (TPSA) is 51.4 Å². The predicted octanol–water partition coefficient (Wildman–Crippen LogP) is 3.42. The van der Waals surface area contributed by atoms with E-state index in [4.69, 9.17) is 12.2 Å². The number of H-pyrrole nitrogens is 1. The van der Waals surface area contributed by atoms with Crippen molar-refractivity contribution >= 4 is 34.7 Å². The van der Waals surface area contributed by atoms with Gasteiger partial charge in [-0.2, -0.15) is 5.10 Å². The lowest BCUT2D eigenvalue weighted by Gasteiger charge is -2.13. The molecule has 3 aromatic rings. The molecular formula is C13H17N5S2. The zero-order valence-corrected chi connectivity index (χ0v) is 13.8. The van der Waals surface area contributed by atoms with Crippen molar-refractivity contribution in [2.24, 2.45) is 7.05 Å². The third-order valence-electron chi connectivity index (χ3n) is 3.58. The van der Waals surface area contributed by atoms with E-state index in [9.17, 15) is 0 Å². The van der Waals surface area contributed by atoms with Gasteiger partial charge >= 0.3 is 0 Å². The molecule has 0 fully saturated rings. The van der Waals surface area contributed by atoms with Crippen LogP contribution in [0.1, 0.15) is 34.2 Å². The Hall–Kier alpha value is -1.47. The molecule has 0 bridgehead atoms. The van der Waals surface area contributed by atoms with E-state index in [0.29, 0.717) is 0 Å². The maximum Gasteiger partial charge on any atom is 0.179 e. The van der Waals surface area contributed by atoms with Gasteiger partial charge in [0.15, 0.2) is 10.4 Å². The van der Waals surface area contributed by atoms with Crippen molar-refractivity contribution in [2.45, 2.75) is 33.7 Å². The van der Waals surface area contributed by atoms with Crippen molar-refractivity contribution in [1.82, 2.24) is 24.3 Å². The highest BCUT2D eigenvalue weighted by Crippen LogP contribution is 2.31. The number of aromatic amines is 1. The van der Waals surface area contributed by atoms with Gasteiger partial charge in [-0.1, -0.05) is 0 Å². The first-order valence-corrected chi connectivity index (χ1v) is 7.70. The highest BCUT2D eigenvalue weighted by molar-refractivity contribution is 7.71. The van der Waals surface area contributed by atoms with E-state index in [1.54, 1.807) is 11.3 Å². The molecule has 0 saturated carbocycles. The Bertz CT molecular complexity index is 848. The second-order valence-corrected chi connectivity index (χ2v) is 6.69. The van der Waals surface area contributed by atoms with E-state index < -0.39 is 0 Å². The molecule has 20 heavy (non-hydrogen) atoms. The van der Waals surface area contributed by atoms with Crippen LogP contribution >= 0.6 is 23.6 Å². The normalized spacial score (nSPS) is 13.2. The Kier molecular flexibility index (Phi) is 3.06. The number of rotatable bonds is 2. The first kappa shape index (κ1) is 13.5. The number of nitrogens with zero attached hydrogens (tertiary/aromatic N) is 4. The lowest BCUT2D eigenvalue weighted by Crippen LogP contribution is -2.09. The van der Waals surface area contributed by atoms with Gasteiger partial charge < -0.3 is 4.98 Å². The molecule has 0 aliphatic rings. The van der Waals surface area contributed by atoms with Gasteiger partial charge in [0.1, 0.15) is 5.52 Å². The molecule has 106 valence electrons. The van der Waals surface area contributed by atoms with E-state index >= 15 is 0 Å². The average Bonchev–Trinajstić information content (AvgIpc) is 2.95. The summed E-state index contributed by atoms with van der Waals surface area (Å²) in [5.74, 6) is 0. The third-order valence-corrected chi connectivity index (χ3v) is 5.12. The maximum absolute atomic E-state index is 5.50. The molecule has 0 radical (unpaired) electrons. The van der Waals surface area contributed by atoms with Crippen LogP contribution in [0.3, 0.4) is 0 Å². The molecule has 0 aliphatic heterocycles. The van der Waals surface area contributed by atoms with Crippen molar-refractivity contribution in [3.63, 3.8) is 0 Å². The van der Waals surface area contributed by atoms with Crippen molar-refractivity contribution in [2.75, 3.05) is 0 Å². The molecule has 3 heterocycles. The Labute approximate surface area is 126 Å². The van der Waals surface area contributed by atoms with Gasteiger partial charge in [-0.15, -0.1) is 11.3 Å². The number of aryl methyl sites for hydroxylation is 4. The summed E-state index contributed by atoms with van der Waals surface area (Å²) in [5.41, 5.74) is 4.10. The Morgan fingerprint density at radius 2 is 1.95 bits per heavy atom. The van der Waals surface area contributed by atoms with Gasteiger partial charge in [-0.25, -0.2) is 4.98 Å². The lowest BCUT2D eigenvalue weighted by molar-refractivity contribution is 0.625. The minimum atomic E-state index is 0.150. The van der Waals surface area contributed by atoms with Gasteiger partial charge in [0.2, 0.25) is 0 Å². The summed E-state index contributed by atoms with van der Waals surface area (Å²) >= 11 is 7.23. The standard InChI is InChI=1S/C13H17N5S2/c1-6-10-12(17(5)16-6)18(13(19)15-10)8(3)11-7(2)14-9(4)20-11/h8H,1-5H3,(H,15,19). The number of imidazole rings is 1. The van der Waals surface area contributed by atoms with E-state index in [-0.39, 0.29) is 6.04 Å². The Morgan fingerprint density at radius 3 is 2.55 bits per heavy atom. The number of hydrogen-bond acceptors (Lipinski definition) is 4. The van der Waals surface area contributed by atoms with Crippen LogP contribution in [0.2, 0.25) is 0 Å². The molecule has 0 amide bonds. The zero-order chi connectivity index (χ0) is 14.6. The molecular weight excluding hydrogens is 290 g/mol. The minimum Gasteiger partial charge on any atom is -0.328 e. The largest absolute Gasteiger partial charge is 0.328 e. The number of thiazole rings is 1. The Morgan fingerprint density at radius 1 is 1.25 bits per heavy atom. The maximum atomic E-state index is 5.50. The molecule has 5 nitrogen and oxygen atoms in total. The minimum absolute atomic E-state index is 0.150. The summed E-state index contributed by atoms with van der Waals surface area (Å²) in [6.45, 7) is 8.24. The molecule has 1 atom stereocenters. The van der Waals surface area contributed by atoms with Gasteiger partial charge in [0, 0.05) is 7.05 Å². The van der Waals surface area contributed by atoms with E-state index in [1.807, 2.05) is 25.6 Å². The summed E-state index contributed by atoms with van der Waals surface area (Å²) in [7, 11) is 1.95. The predicted molar refractivity (Wildman–Crippen MR) is 84.0 cm³/mol. The molecule has 3 aromatic heterocycles. The third kappa shape index (κ3) is 1.84. The van der Waals surface area contributed by atoms with Crippen LogP contribution in [0.4, 0.5) is 0 Å². The summed E-state index contributed by atoms with van der Waals surface area (Å²) < 4.78 is 4.75. The van der Waals surface area contributed by atoms with Gasteiger partial charge in [0.05, 0.1) is 27.3 Å². The number of nitrogens with one attached hydrogen (secondary N) is 1. The van der Waals surface area contributed by atoms with Crippen molar-refractivity contribution < 1.29 is 0 Å². The van der Waals surface area contributed by atoms with Crippen LogP contribution in [-0.4, -0.2) is 24.3 Å². The molecule has 0 spiro atoms. The zero-order valence-electron chi connectivity index (χ0n) is 12.2.